The molecular formula is C37H57N7O9. The monoisotopic (exact) mass is 743 g/mol. The predicted molar refractivity (Wildman–Crippen MR) is 198 cm³/mol. The molecule has 0 fully saturated rings. The van der Waals surface area contributed by atoms with Crippen molar-refractivity contribution in [3.05, 3.63) is 42.0 Å². The zero-order valence-electron chi connectivity index (χ0n) is 31.7. The summed E-state index contributed by atoms with van der Waals surface area (Å²) in [6.07, 6.45) is 5.12. The minimum absolute atomic E-state index is 0.00292. The number of hydrogen-bond donors (Lipinski definition) is 5. The van der Waals surface area contributed by atoms with E-state index >= 15 is 0 Å². The maximum absolute atomic E-state index is 13.4. The third-order valence-electron chi connectivity index (χ3n) is 8.36. The molecule has 0 unspecified atom stereocenters. The molecule has 1 aliphatic heterocycles. The number of anilines is 1. The van der Waals surface area contributed by atoms with Gasteiger partial charge in [-0.3, -0.25) is 33.7 Å². The summed E-state index contributed by atoms with van der Waals surface area (Å²) in [5.41, 5.74) is 1.32. The third-order valence-corrected chi connectivity index (χ3v) is 8.36. The van der Waals surface area contributed by atoms with Gasteiger partial charge in [-0.1, -0.05) is 52.2 Å². The van der Waals surface area contributed by atoms with E-state index in [0.29, 0.717) is 25.2 Å². The summed E-state index contributed by atoms with van der Waals surface area (Å²) in [4.78, 5) is 88.3. The minimum Gasteiger partial charge on any atom is -0.445 e. The summed E-state index contributed by atoms with van der Waals surface area (Å²) in [5, 5.41) is 14.4. The van der Waals surface area contributed by atoms with E-state index in [1.54, 1.807) is 31.3 Å². The number of carbonyl (C=O) groups excluding carboxylic acids is 7. The fourth-order valence-electron chi connectivity index (χ4n) is 5.06. The van der Waals surface area contributed by atoms with Gasteiger partial charge in [-0.2, -0.15) is 0 Å². The van der Waals surface area contributed by atoms with Crippen LogP contribution in [0.2, 0.25) is 0 Å². The molecule has 16 heteroatoms. The Hall–Kier alpha value is -4.83. The van der Waals surface area contributed by atoms with Crippen molar-refractivity contribution in [3.63, 3.8) is 0 Å². The lowest BCUT2D eigenvalue weighted by Gasteiger charge is -2.25. The molecule has 7 amide bonds. The fraction of sp³-hybridized carbons (Fsp3) is 0.595. The molecule has 294 valence electrons. The average Bonchev–Trinajstić information content (AvgIpc) is 3.46. The van der Waals surface area contributed by atoms with Crippen molar-refractivity contribution in [2.24, 2.45) is 5.92 Å². The van der Waals surface area contributed by atoms with Crippen molar-refractivity contribution in [1.29, 1.82) is 0 Å². The van der Waals surface area contributed by atoms with Crippen LogP contribution < -0.4 is 26.6 Å². The number of nitrogens with zero attached hydrogens (tertiary/aromatic N) is 2. The van der Waals surface area contributed by atoms with Gasteiger partial charge < -0.3 is 41.0 Å². The number of benzene rings is 1. The van der Waals surface area contributed by atoms with Crippen LogP contribution in [0, 0.1) is 5.92 Å². The lowest BCUT2D eigenvalue weighted by Crippen LogP contribution is -2.54. The van der Waals surface area contributed by atoms with Gasteiger partial charge in [-0.05, 0) is 37.0 Å². The molecule has 2 atom stereocenters. The maximum atomic E-state index is 13.4. The van der Waals surface area contributed by atoms with Crippen LogP contribution in [0.15, 0.2) is 36.4 Å². The molecule has 1 aromatic rings. The van der Waals surface area contributed by atoms with E-state index in [9.17, 15) is 33.6 Å². The first-order valence-electron chi connectivity index (χ1n) is 18.3. The van der Waals surface area contributed by atoms with Crippen LogP contribution in [0.5, 0.6) is 0 Å². The van der Waals surface area contributed by atoms with Gasteiger partial charge in [-0.25, -0.2) is 4.79 Å². The van der Waals surface area contributed by atoms with Gasteiger partial charge in [0.2, 0.25) is 23.6 Å². The summed E-state index contributed by atoms with van der Waals surface area (Å²) < 4.78 is 10.7. The number of amides is 7. The number of unbranched alkanes of at least 4 members (excludes halogenated alkanes) is 2. The second-order valence-corrected chi connectivity index (χ2v) is 13.0. The molecule has 0 spiro atoms. The van der Waals surface area contributed by atoms with Gasteiger partial charge in [0.1, 0.15) is 12.6 Å². The summed E-state index contributed by atoms with van der Waals surface area (Å²) in [6.45, 7) is 9.50. The molecular weight excluding hydrogens is 686 g/mol. The van der Waals surface area contributed by atoms with Crippen molar-refractivity contribution in [2.45, 2.75) is 84.9 Å². The van der Waals surface area contributed by atoms with Gasteiger partial charge in [0, 0.05) is 70.5 Å². The smallest absolute Gasteiger partial charge is 0.409 e. The molecule has 0 aromatic heterocycles. The Labute approximate surface area is 312 Å². The second-order valence-electron chi connectivity index (χ2n) is 13.0. The van der Waals surface area contributed by atoms with Crippen LogP contribution in [0.4, 0.5) is 10.5 Å². The number of carbonyl (C=O) groups is 7. The summed E-state index contributed by atoms with van der Waals surface area (Å²) in [7, 11) is 1.66. The predicted octanol–water partition coefficient (Wildman–Crippen LogP) is 1.85. The molecule has 0 aliphatic carbocycles. The van der Waals surface area contributed by atoms with E-state index in [2.05, 4.69) is 33.5 Å². The molecule has 5 N–H and O–H groups in total. The van der Waals surface area contributed by atoms with Crippen LogP contribution in [0.1, 0.15) is 71.8 Å². The SMILES string of the molecule is CCCCC[C@H](NC(=O)[C@@H](NCCNC(=O)CCOCCNC(=O)CCN1C(=O)C=CC1=O)C(C)C)C(=O)Nc1ccc(COC(=O)N(C)CC)cc1. The number of hydrogen-bond acceptors (Lipinski definition) is 10. The van der Waals surface area contributed by atoms with E-state index in [4.69, 9.17) is 9.47 Å². The molecule has 0 radical (unpaired) electrons. The first-order chi connectivity index (χ1) is 25.4. The highest BCUT2D eigenvalue weighted by atomic mass is 16.6. The third kappa shape index (κ3) is 17.0. The molecule has 2 rings (SSSR count). The van der Waals surface area contributed by atoms with Gasteiger partial charge in [-0.15, -0.1) is 0 Å². The molecule has 1 aliphatic rings. The highest BCUT2D eigenvalue weighted by Gasteiger charge is 2.27. The molecule has 0 saturated heterocycles. The standard InChI is InChI=1S/C37H57N7O9/c1-6-8-9-10-29(35(49)41-28-13-11-27(12-14-28)25-53-37(51)43(5)7-2)42-36(50)34(26(3)4)40-20-19-38-31(46)18-23-52-24-21-39-30(45)17-22-44-32(47)15-16-33(44)48/h11-16,26,29,34,40H,6-10,17-25H2,1-5H3,(H,38,46)(H,39,45)(H,41,49)(H,42,50)/t29-,34-/m0/s1. The molecule has 16 nitrogen and oxygen atoms in total. The lowest BCUT2D eigenvalue weighted by atomic mass is 10.0. The van der Waals surface area contributed by atoms with Crippen molar-refractivity contribution >= 4 is 47.2 Å². The van der Waals surface area contributed by atoms with E-state index in [-0.39, 0.29) is 81.8 Å². The Balaban J connectivity index is 1.72. The van der Waals surface area contributed by atoms with E-state index in [1.165, 1.54) is 17.1 Å². The number of imide groups is 1. The molecule has 0 saturated carbocycles. The highest BCUT2D eigenvalue weighted by molar-refractivity contribution is 6.13. The van der Waals surface area contributed by atoms with Crippen LogP contribution >= 0.6 is 0 Å². The number of rotatable bonds is 25. The van der Waals surface area contributed by atoms with Gasteiger partial charge in [0.05, 0.1) is 19.3 Å². The Bertz CT molecular complexity index is 1380. The second kappa shape index (κ2) is 24.4. The van der Waals surface area contributed by atoms with Crippen LogP contribution in [-0.2, 0) is 44.8 Å². The Morgan fingerprint density at radius 1 is 0.830 bits per heavy atom. The van der Waals surface area contributed by atoms with Crippen LogP contribution in [-0.4, -0.2) is 116 Å². The normalized spacial score (nSPS) is 13.4. The van der Waals surface area contributed by atoms with Crippen LogP contribution in [0.3, 0.4) is 0 Å². The highest BCUT2D eigenvalue weighted by Crippen LogP contribution is 2.14. The van der Waals surface area contributed by atoms with Crippen LogP contribution in [0.25, 0.3) is 0 Å². The Morgan fingerprint density at radius 3 is 2.13 bits per heavy atom. The van der Waals surface area contributed by atoms with Gasteiger partial charge in [0.25, 0.3) is 11.8 Å². The summed E-state index contributed by atoms with van der Waals surface area (Å²) in [6, 6.07) is 5.62. The molecule has 1 aromatic carbocycles. The summed E-state index contributed by atoms with van der Waals surface area (Å²) in [5.74, 6) is -2.17. The molecule has 53 heavy (non-hydrogen) atoms. The quantitative estimate of drug-likeness (QED) is 0.0726. The Morgan fingerprint density at radius 2 is 1.49 bits per heavy atom. The largest absolute Gasteiger partial charge is 0.445 e. The van der Waals surface area contributed by atoms with E-state index in [1.807, 2.05) is 20.8 Å². The summed E-state index contributed by atoms with van der Waals surface area (Å²) >= 11 is 0. The zero-order chi connectivity index (χ0) is 39.2. The fourth-order valence-corrected chi connectivity index (χ4v) is 5.06. The number of ether oxygens (including phenoxy) is 2. The first kappa shape index (κ1) is 44.3. The van der Waals surface area contributed by atoms with E-state index < -0.39 is 30.0 Å². The average molecular weight is 744 g/mol. The lowest BCUT2D eigenvalue weighted by molar-refractivity contribution is -0.137. The zero-order valence-corrected chi connectivity index (χ0v) is 31.7. The first-order valence-corrected chi connectivity index (χ1v) is 18.3. The van der Waals surface area contributed by atoms with Crippen molar-refractivity contribution in [3.8, 4) is 0 Å². The number of nitrogens with one attached hydrogen (secondary N) is 5. The molecule has 0 bridgehead atoms. The van der Waals surface area contributed by atoms with Crippen molar-refractivity contribution in [1.82, 2.24) is 31.1 Å². The van der Waals surface area contributed by atoms with E-state index in [0.717, 1.165) is 29.7 Å². The minimum atomic E-state index is -0.751. The Kier molecular flexibility index (Phi) is 20.4. The van der Waals surface area contributed by atoms with Gasteiger partial charge >= 0.3 is 6.09 Å². The van der Waals surface area contributed by atoms with Crippen molar-refractivity contribution < 1.29 is 43.0 Å². The van der Waals surface area contributed by atoms with Gasteiger partial charge in [0.15, 0.2) is 0 Å². The maximum Gasteiger partial charge on any atom is 0.409 e. The van der Waals surface area contributed by atoms with Crippen molar-refractivity contribution in [2.75, 3.05) is 58.3 Å². The molecule has 1 heterocycles. The topological polar surface area (TPSA) is 205 Å².